The molecule has 1 aromatic rings. The summed E-state index contributed by atoms with van der Waals surface area (Å²) in [5.41, 5.74) is 1.22. The maximum atomic E-state index is 11.4. The molecule has 1 aliphatic carbocycles. The van der Waals surface area contributed by atoms with Crippen LogP contribution >= 0.6 is 0 Å². The molecule has 2 rings (SSSR count). The molecule has 1 fully saturated rings. The quantitative estimate of drug-likeness (QED) is 0.737. The van der Waals surface area contributed by atoms with E-state index in [1.165, 1.54) is 5.56 Å². The van der Waals surface area contributed by atoms with Crippen LogP contribution in [0.4, 0.5) is 0 Å². The summed E-state index contributed by atoms with van der Waals surface area (Å²) >= 11 is 0. The van der Waals surface area contributed by atoms with Crippen molar-refractivity contribution in [3.8, 4) is 5.75 Å². The summed E-state index contributed by atoms with van der Waals surface area (Å²) in [7, 11) is 0. The SMILES string of the molecule is Cc1ccc(OCCC(=O)C2CC2)cc1. The van der Waals surface area contributed by atoms with Gasteiger partial charge in [0.25, 0.3) is 0 Å². The summed E-state index contributed by atoms with van der Waals surface area (Å²) in [4.78, 5) is 11.4. The van der Waals surface area contributed by atoms with Crippen LogP contribution in [0.2, 0.25) is 0 Å². The fourth-order valence-corrected chi connectivity index (χ4v) is 1.51. The highest BCUT2D eigenvalue weighted by molar-refractivity contribution is 5.83. The molecule has 2 nitrogen and oxygen atoms in total. The zero-order chi connectivity index (χ0) is 10.7. The Labute approximate surface area is 90.3 Å². The molecule has 0 amide bonds. The topological polar surface area (TPSA) is 26.3 Å². The van der Waals surface area contributed by atoms with Crippen LogP contribution in [0.5, 0.6) is 5.75 Å². The molecule has 0 aliphatic heterocycles. The standard InChI is InChI=1S/C13H16O2/c1-10-2-6-12(7-3-10)15-9-8-13(14)11-4-5-11/h2-3,6-7,11H,4-5,8-9H2,1H3. The first-order valence-corrected chi connectivity index (χ1v) is 5.48. The Morgan fingerprint density at radius 1 is 1.33 bits per heavy atom. The zero-order valence-electron chi connectivity index (χ0n) is 9.03. The largest absolute Gasteiger partial charge is 0.493 e. The van der Waals surface area contributed by atoms with Crippen LogP contribution in [0.15, 0.2) is 24.3 Å². The van der Waals surface area contributed by atoms with Gasteiger partial charge in [-0.3, -0.25) is 4.79 Å². The lowest BCUT2D eigenvalue weighted by Gasteiger charge is -2.05. The van der Waals surface area contributed by atoms with Gasteiger partial charge in [0.15, 0.2) is 0 Å². The van der Waals surface area contributed by atoms with Gasteiger partial charge in [0.1, 0.15) is 11.5 Å². The number of ketones is 1. The molecule has 1 aromatic carbocycles. The molecule has 15 heavy (non-hydrogen) atoms. The van der Waals surface area contributed by atoms with E-state index in [1.807, 2.05) is 31.2 Å². The highest BCUT2D eigenvalue weighted by Gasteiger charge is 2.28. The van der Waals surface area contributed by atoms with Crippen molar-refractivity contribution in [3.05, 3.63) is 29.8 Å². The maximum absolute atomic E-state index is 11.4. The zero-order valence-corrected chi connectivity index (χ0v) is 9.03. The highest BCUT2D eigenvalue weighted by Crippen LogP contribution is 2.30. The van der Waals surface area contributed by atoms with Crippen LogP contribution in [0.1, 0.15) is 24.8 Å². The predicted octanol–water partition coefficient (Wildman–Crippen LogP) is 2.74. The molecule has 0 N–H and O–H groups in total. The third-order valence-electron chi connectivity index (χ3n) is 2.67. The van der Waals surface area contributed by atoms with Crippen molar-refractivity contribution in [1.82, 2.24) is 0 Å². The first-order valence-electron chi connectivity index (χ1n) is 5.48. The Morgan fingerprint density at radius 3 is 2.60 bits per heavy atom. The molecular formula is C13H16O2. The first kappa shape index (κ1) is 10.2. The van der Waals surface area contributed by atoms with Gasteiger partial charge in [0.2, 0.25) is 0 Å². The van der Waals surface area contributed by atoms with Gasteiger partial charge in [-0.15, -0.1) is 0 Å². The molecule has 0 aromatic heterocycles. The molecule has 0 unspecified atom stereocenters. The number of Topliss-reactive ketones (excluding diaryl/α,β-unsaturated/α-hetero) is 1. The second-order valence-electron chi connectivity index (χ2n) is 4.15. The van der Waals surface area contributed by atoms with E-state index < -0.39 is 0 Å². The van der Waals surface area contributed by atoms with Gasteiger partial charge >= 0.3 is 0 Å². The van der Waals surface area contributed by atoms with Gasteiger partial charge in [0.05, 0.1) is 6.61 Å². The predicted molar refractivity (Wildman–Crippen MR) is 59.0 cm³/mol. The number of rotatable bonds is 5. The number of carbonyl (C=O) groups is 1. The molecule has 1 saturated carbocycles. The first-order chi connectivity index (χ1) is 7.25. The minimum absolute atomic E-state index is 0.353. The van der Waals surface area contributed by atoms with E-state index in [2.05, 4.69) is 0 Å². The minimum Gasteiger partial charge on any atom is -0.493 e. The van der Waals surface area contributed by atoms with Gasteiger partial charge in [-0.1, -0.05) is 17.7 Å². The number of hydrogen-bond donors (Lipinski definition) is 0. The fourth-order valence-electron chi connectivity index (χ4n) is 1.51. The monoisotopic (exact) mass is 204 g/mol. The van der Waals surface area contributed by atoms with Gasteiger partial charge in [-0.2, -0.15) is 0 Å². The average Bonchev–Trinajstić information content (AvgIpc) is 3.04. The molecule has 0 spiro atoms. The Hall–Kier alpha value is -1.31. The highest BCUT2D eigenvalue weighted by atomic mass is 16.5. The van der Waals surface area contributed by atoms with Gasteiger partial charge in [0, 0.05) is 12.3 Å². The van der Waals surface area contributed by atoms with Crippen molar-refractivity contribution in [2.45, 2.75) is 26.2 Å². The van der Waals surface area contributed by atoms with Crippen LogP contribution in [0.25, 0.3) is 0 Å². The van der Waals surface area contributed by atoms with E-state index in [0.29, 0.717) is 24.7 Å². The van der Waals surface area contributed by atoms with E-state index in [-0.39, 0.29) is 0 Å². The lowest BCUT2D eigenvalue weighted by molar-refractivity contribution is -0.120. The number of carbonyl (C=O) groups excluding carboxylic acids is 1. The van der Waals surface area contributed by atoms with E-state index in [9.17, 15) is 4.79 Å². The molecule has 0 heterocycles. The van der Waals surface area contributed by atoms with Crippen molar-refractivity contribution in [2.24, 2.45) is 5.92 Å². The Bertz CT molecular complexity index is 336. The average molecular weight is 204 g/mol. The minimum atomic E-state index is 0.353. The molecule has 80 valence electrons. The molecule has 0 radical (unpaired) electrons. The van der Waals surface area contributed by atoms with Crippen molar-refractivity contribution >= 4 is 5.78 Å². The molecule has 0 saturated heterocycles. The van der Waals surface area contributed by atoms with Gasteiger partial charge in [-0.05, 0) is 31.9 Å². The number of benzene rings is 1. The third-order valence-corrected chi connectivity index (χ3v) is 2.67. The molecule has 0 atom stereocenters. The summed E-state index contributed by atoms with van der Waals surface area (Å²) in [6, 6.07) is 7.91. The Kier molecular flexibility index (Phi) is 3.05. The number of hydrogen-bond acceptors (Lipinski definition) is 2. The van der Waals surface area contributed by atoms with Crippen LogP contribution in [0, 0.1) is 12.8 Å². The molecule has 2 heteroatoms. The summed E-state index contributed by atoms with van der Waals surface area (Å²) in [6.45, 7) is 2.55. The van der Waals surface area contributed by atoms with E-state index in [0.717, 1.165) is 18.6 Å². The molecule has 0 bridgehead atoms. The molecular weight excluding hydrogens is 188 g/mol. The number of ether oxygens (including phenoxy) is 1. The second-order valence-corrected chi connectivity index (χ2v) is 4.15. The van der Waals surface area contributed by atoms with E-state index >= 15 is 0 Å². The van der Waals surface area contributed by atoms with Gasteiger partial charge < -0.3 is 4.74 Å². The normalized spacial score (nSPS) is 15.0. The summed E-state index contributed by atoms with van der Waals surface area (Å²) in [6.07, 6.45) is 2.73. The molecule has 1 aliphatic rings. The number of aryl methyl sites for hydroxylation is 1. The van der Waals surface area contributed by atoms with Crippen molar-refractivity contribution in [2.75, 3.05) is 6.61 Å². The summed E-state index contributed by atoms with van der Waals surface area (Å²) in [5, 5.41) is 0. The second kappa shape index (κ2) is 4.47. The van der Waals surface area contributed by atoms with Crippen LogP contribution in [-0.4, -0.2) is 12.4 Å². The lowest BCUT2D eigenvalue weighted by atomic mass is 10.2. The summed E-state index contributed by atoms with van der Waals surface area (Å²) in [5.74, 6) is 1.57. The van der Waals surface area contributed by atoms with Crippen molar-refractivity contribution < 1.29 is 9.53 Å². The van der Waals surface area contributed by atoms with Crippen molar-refractivity contribution in [1.29, 1.82) is 0 Å². The Morgan fingerprint density at radius 2 is 2.00 bits per heavy atom. The van der Waals surface area contributed by atoms with Crippen LogP contribution in [-0.2, 0) is 4.79 Å². The lowest BCUT2D eigenvalue weighted by Crippen LogP contribution is -2.07. The third kappa shape index (κ3) is 3.08. The van der Waals surface area contributed by atoms with Crippen LogP contribution < -0.4 is 4.74 Å². The van der Waals surface area contributed by atoms with E-state index in [1.54, 1.807) is 0 Å². The smallest absolute Gasteiger partial charge is 0.139 e. The van der Waals surface area contributed by atoms with E-state index in [4.69, 9.17) is 4.74 Å². The van der Waals surface area contributed by atoms with Crippen LogP contribution in [0.3, 0.4) is 0 Å². The van der Waals surface area contributed by atoms with Gasteiger partial charge in [-0.25, -0.2) is 0 Å². The fraction of sp³-hybridized carbons (Fsp3) is 0.462. The Balaban J connectivity index is 1.73. The summed E-state index contributed by atoms with van der Waals surface area (Å²) < 4.78 is 5.49. The maximum Gasteiger partial charge on any atom is 0.139 e. The van der Waals surface area contributed by atoms with Crippen molar-refractivity contribution in [3.63, 3.8) is 0 Å².